The van der Waals surface area contributed by atoms with Crippen molar-refractivity contribution in [2.45, 2.75) is 0 Å². The van der Waals surface area contributed by atoms with E-state index in [0.717, 1.165) is 0 Å². The van der Waals surface area contributed by atoms with Crippen molar-refractivity contribution in [2.75, 3.05) is 0 Å². The molecule has 0 heterocycles. The minimum Gasteiger partial charge on any atom is -0.672 e. The monoisotopic (exact) mass is 353 g/mol. The van der Waals surface area contributed by atoms with Crippen LogP contribution in [0.4, 0.5) is 0 Å². The molecule has 0 aliphatic heterocycles. The van der Waals surface area contributed by atoms with Crippen LogP contribution in [0.15, 0.2) is 0 Å². The van der Waals surface area contributed by atoms with Crippen LogP contribution in [-0.4, -0.2) is 58.1 Å². The smallest absolute Gasteiger partial charge is 0.672 e. The molecule has 0 unspecified atom stereocenters. The molecule has 0 fully saturated rings. The van der Waals surface area contributed by atoms with Crippen molar-refractivity contribution in [1.29, 1.82) is 0 Å². The van der Waals surface area contributed by atoms with Crippen molar-refractivity contribution >= 4 is 58.1 Å². The molecular formula is BaLaO3Si+3. The third-order valence-corrected chi connectivity index (χ3v) is 0. The molecule has 0 atom stereocenters. The van der Waals surface area contributed by atoms with Gasteiger partial charge in [-0.25, -0.2) is 0 Å². The van der Waals surface area contributed by atoms with E-state index in [1.807, 2.05) is 0 Å². The Morgan fingerprint density at radius 3 is 1.33 bits per heavy atom. The Bertz CT molecular complexity index is 33.8. The molecule has 0 radical (unpaired) electrons. The van der Waals surface area contributed by atoms with Crippen molar-refractivity contribution in [1.82, 2.24) is 0 Å². The van der Waals surface area contributed by atoms with Gasteiger partial charge in [-0.3, -0.25) is 0 Å². The number of hydrogen-bond acceptors (Lipinski definition) is 3. The molecule has 0 aliphatic rings. The molecule has 0 bridgehead atoms. The summed E-state index contributed by atoms with van der Waals surface area (Å²) in [4.78, 5) is 17.0. The van der Waals surface area contributed by atoms with E-state index < -0.39 is 9.17 Å². The first-order valence-corrected chi connectivity index (χ1v) is 1.84. The van der Waals surface area contributed by atoms with Gasteiger partial charge in [-0.1, -0.05) is 0 Å². The summed E-state index contributed by atoms with van der Waals surface area (Å²) in [6.45, 7) is 0. The maximum absolute atomic E-state index is 8.52. The van der Waals surface area contributed by atoms with Gasteiger partial charge in [0.1, 0.15) is 0 Å². The van der Waals surface area contributed by atoms with Crippen LogP contribution in [0.2, 0.25) is 0 Å². The van der Waals surface area contributed by atoms with E-state index in [9.17, 15) is 0 Å². The minimum atomic E-state index is -3.63. The molecule has 0 aromatic rings. The SMILES string of the molecule is O=[Si]([O-])[O-].[Ba+2].[La+3]. The Kier molecular flexibility index (Phi) is 27.3. The average molecular weight is 352 g/mol. The standard InChI is InChI=1S/Ba.La.O3Si/c;;1-4(2)3/q+2;+3;-2. The van der Waals surface area contributed by atoms with Crippen LogP contribution in [0.25, 0.3) is 0 Å². The molecular weight excluding hydrogens is 352 g/mol. The summed E-state index contributed by atoms with van der Waals surface area (Å²) in [5, 5.41) is 0. The Morgan fingerprint density at radius 2 is 1.33 bits per heavy atom. The average Bonchev–Trinajstić information content (AvgIpc) is 0.811. The van der Waals surface area contributed by atoms with E-state index in [1.54, 1.807) is 0 Å². The van der Waals surface area contributed by atoms with Crippen LogP contribution in [-0.2, 0) is 4.46 Å². The van der Waals surface area contributed by atoms with Crippen LogP contribution in [0.3, 0.4) is 0 Å². The fraction of sp³-hybridized carbons (Fsp3) is 0. The van der Waals surface area contributed by atoms with Crippen molar-refractivity contribution in [2.24, 2.45) is 0 Å². The van der Waals surface area contributed by atoms with Gasteiger partial charge in [-0.15, -0.1) is 0 Å². The Hall–Kier alpha value is 2.38. The first-order chi connectivity index (χ1) is 1.73. The van der Waals surface area contributed by atoms with Gasteiger partial charge in [0.25, 0.3) is 0 Å². The fourth-order valence-corrected chi connectivity index (χ4v) is 0. The molecule has 0 amide bonds. The van der Waals surface area contributed by atoms with Crippen LogP contribution in [0, 0.1) is 35.6 Å². The molecule has 3 nitrogen and oxygen atoms in total. The normalized spacial score (nSPS) is 4.00. The van der Waals surface area contributed by atoms with Gasteiger partial charge < -0.3 is 14.1 Å². The third-order valence-electron chi connectivity index (χ3n) is 0. The zero-order chi connectivity index (χ0) is 3.58. The van der Waals surface area contributed by atoms with Gasteiger partial charge in [-0.2, -0.15) is 0 Å². The zero-order valence-corrected chi connectivity index (χ0v) is 12.1. The van der Waals surface area contributed by atoms with Crippen LogP contribution in [0.5, 0.6) is 0 Å². The van der Waals surface area contributed by atoms with E-state index in [1.165, 1.54) is 0 Å². The molecule has 0 aromatic carbocycles. The van der Waals surface area contributed by atoms with E-state index in [0.29, 0.717) is 0 Å². The molecule has 6 heteroatoms. The summed E-state index contributed by atoms with van der Waals surface area (Å²) in [5.74, 6) is 0. The summed E-state index contributed by atoms with van der Waals surface area (Å²) in [6.07, 6.45) is 0. The predicted octanol–water partition coefficient (Wildman–Crippen LogP) is -3.26. The second kappa shape index (κ2) is 10.4. The van der Waals surface area contributed by atoms with Gasteiger partial charge in [-0.05, 0) is 0 Å². The van der Waals surface area contributed by atoms with Crippen LogP contribution < -0.4 is 9.59 Å². The molecule has 0 aliphatic carbocycles. The molecule has 0 spiro atoms. The minimum absolute atomic E-state index is 0. The van der Waals surface area contributed by atoms with Gasteiger partial charge in [0.05, 0.1) is 0 Å². The van der Waals surface area contributed by atoms with E-state index in [-0.39, 0.29) is 84.5 Å². The Balaban J connectivity index is -0.0000000450. The quantitative estimate of drug-likeness (QED) is 0.430. The molecule has 0 rings (SSSR count). The predicted molar refractivity (Wildman–Crippen MR) is 12.2 cm³/mol. The first-order valence-electron chi connectivity index (χ1n) is 0.612. The van der Waals surface area contributed by atoms with Crippen molar-refractivity contribution in [3.8, 4) is 0 Å². The van der Waals surface area contributed by atoms with Crippen LogP contribution in [0.1, 0.15) is 0 Å². The van der Waals surface area contributed by atoms with E-state index in [4.69, 9.17) is 14.1 Å². The summed E-state index contributed by atoms with van der Waals surface area (Å²) < 4.78 is 8.52. The zero-order valence-electron chi connectivity index (χ0n) is 3.01. The van der Waals surface area contributed by atoms with E-state index in [2.05, 4.69) is 0 Å². The summed E-state index contributed by atoms with van der Waals surface area (Å²) in [6, 6.07) is 0. The Morgan fingerprint density at radius 1 is 1.33 bits per heavy atom. The van der Waals surface area contributed by atoms with Gasteiger partial charge in [0.15, 0.2) is 0 Å². The maximum Gasteiger partial charge on any atom is 3.00 e. The third kappa shape index (κ3) is 32.6. The molecule has 0 saturated heterocycles. The molecule has 0 aromatic heterocycles. The maximum atomic E-state index is 8.52. The number of rotatable bonds is 0. The van der Waals surface area contributed by atoms with Crippen molar-refractivity contribution in [3.05, 3.63) is 0 Å². The second-order valence-corrected chi connectivity index (χ2v) is 0.750. The summed E-state index contributed by atoms with van der Waals surface area (Å²) in [5.41, 5.74) is 0. The first kappa shape index (κ1) is 15.8. The largest absolute Gasteiger partial charge is 3.00 e. The van der Waals surface area contributed by atoms with Gasteiger partial charge in [0.2, 0.25) is 0 Å². The topological polar surface area (TPSA) is 63.2 Å². The molecule has 0 N–H and O–H groups in total. The Labute approximate surface area is 105 Å². The fourth-order valence-electron chi connectivity index (χ4n) is 0. The summed E-state index contributed by atoms with van der Waals surface area (Å²) >= 11 is 0. The second-order valence-electron chi connectivity index (χ2n) is 0.250. The molecule has 24 valence electrons. The van der Waals surface area contributed by atoms with E-state index >= 15 is 0 Å². The van der Waals surface area contributed by atoms with Crippen molar-refractivity contribution in [3.63, 3.8) is 0 Å². The molecule has 0 saturated carbocycles. The van der Waals surface area contributed by atoms with Gasteiger partial charge >= 0.3 is 84.5 Å². The van der Waals surface area contributed by atoms with Gasteiger partial charge in [0, 0.05) is 9.17 Å². The van der Waals surface area contributed by atoms with Crippen LogP contribution >= 0.6 is 0 Å². The summed E-state index contributed by atoms with van der Waals surface area (Å²) in [7, 11) is -3.63. The molecule has 6 heavy (non-hydrogen) atoms. The van der Waals surface area contributed by atoms with Crippen molar-refractivity contribution < 1.29 is 49.7 Å². The number of hydrogen-bond donors (Lipinski definition) is 0.